The van der Waals surface area contributed by atoms with E-state index >= 15 is 0 Å². The van der Waals surface area contributed by atoms with Crippen molar-refractivity contribution in [1.82, 2.24) is 26.2 Å². The summed E-state index contributed by atoms with van der Waals surface area (Å²) in [4.78, 5) is 101. The molecule has 0 saturated carbocycles. The first kappa shape index (κ1) is 52.0. The summed E-state index contributed by atoms with van der Waals surface area (Å²) in [7, 11) is 0. The number of carbonyl (C=O) groups is 8. The van der Waals surface area contributed by atoms with Crippen LogP contribution in [0.25, 0.3) is 11.1 Å². The fourth-order valence-electron chi connectivity index (χ4n) is 6.06. The molecule has 2 aromatic carbocycles. The van der Waals surface area contributed by atoms with E-state index in [1.54, 1.807) is 6.08 Å². The minimum atomic E-state index is -1.77. The predicted octanol–water partition coefficient (Wildman–Crippen LogP) is -1.48. The second-order valence-electron chi connectivity index (χ2n) is 14.1. The Balaban J connectivity index is 0.00000269. The van der Waals surface area contributed by atoms with Crippen molar-refractivity contribution in [3.8, 4) is 16.9 Å². The van der Waals surface area contributed by atoms with Gasteiger partial charge in [0.15, 0.2) is 18.6 Å². The first-order chi connectivity index (χ1) is 31.0. The number of ether oxygens (including phenoxy) is 4. The number of aliphatic carboxylic acids is 3. The lowest BCUT2D eigenvalue weighted by Gasteiger charge is -2.35. The summed E-state index contributed by atoms with van der Waals surface area (Å²) in [5.41, 5.74) is 13.2. The number of para-hydroxylation sites is 1. The maximum Gasteiger partial charge on any atom is 0.328 e. The van der Waals surface area contributed by atoms with Gasteiger partial charge in [-0.15, -0.1) is 0 Å². The lowest BCUT2D eigenvalue weighted by atomic mass is 9.97. The lowest BCUT2D eigenvalue weighted by molar-refractivity contribution is -0.160. The second kappa shape index (κ2) is 27.0. The summed E-state index contributed by atoms with van der Waals surface area (Å²) in [6.07, 6.45) is -0.409. The second-order valence-corrected chi connectivity index (χ2v) is 14.1. The number of amides is 4. The van der Waals surface area contributed by atoms with Crippen molar-refractivity contribution < 1.29 is 77.7 Å². The van der Waals surface area contributed by atoms with Crippen LogP contribution in [-0.4, -0.2) is 150 Å². The van der Waals surface area contributed by atoms with Crippen LogP contribution in [0.1, 0.15) is 50.7 Å². The van der Waals surface area contributed by atoms with E-state index < -0.39 is 105 Å². The number of carboxylic acid groups (broad SMARTS) is 3. The van der Waals surface area contributed by atoms with Gasteiger partial charge in [0.25, 0.3) is 5.97 Å². The number of nitrogens with one attached hydrogen (secondary N) is 4. The summed E-state index contributed by atoms with van der Waals surface area (Å²) in [6.45, 7) is 1.17. The number of guanidine groups is 1. The molecule has 2 aliphatic heterocycles. The number of rotatable bonds is 23. The van der Waals surface area contributed by atoms with Gasteiger partial charge in [-0.25, -0.2) is 4.79 Å². The van der Waals surface area contributed by atoms with Crippen LogP contribution in [0, 0.1) is 0 Å². The first-order valence-electron chi connectivity index (χ1n) is 20.1. The Bertz CT molecular complexity index is 2040. The molecule has 354 valence electrons. The van der Waals surface area contributed by atoms with Crippen molar-refractivity contribution >= 4 is 53.5 Å². The van der Waals surface area contributed by atoms with Crippen molar-refractivity contribution in [3.63, 3.8) is 0 Å². The number of carbonyl (C=O) groups excluding carboxylic acids is 5. The molecule has 1 unspecified atom stereocenters. The molecule has 4 rings (SSSR count). The standard InChI is InChI=1S/C39H50N8O14.C2H4O2/c40-39(41)42-13-5-10-26(36(54)43-20-31(50)45-27(18-33(51)52)37(55)46-28(21-48)38(56)57)44-30(49)11-12-34(53)60-22-59-29-19-32(47-14-16-58-17-15-47)61-35-24(8-4-9-25(29)35)23-6-2-1-3-7-23;1-2(3)4/h1-4,6-9,19,26-29,48H,5,10-18,20-22H2,(H,43,54)(H,44,49)(H,45,50)(H,46,55)(H,51,52)(H,56,57)(H4,40,41,42);1H3,(H,3,4)/t26-,27-,28-,29?;/m0./s1. The molecule has 1 saturated heterocycles. The number of aliphatic imine (C=N–C) groups is 1. The van der Waals surface area contributed by atoms with Gasteiger partial charge in [-0.3, -0.25) is 38.6 Å². The van der Waals surface area contributed by atoms with E-state index in [0.29, 0.717) is 43.5 Å². The molecule has 0 aromatic heterocycles. The SMILES string of the molecule is CC(=O)O.NC(N)=NCCC[C@H](NC(=O)CCC(=O)OCOC1C=C(N2CCOCC2)Oc2c(-c3ccccc3)cccc21)C(=O)NCC(=O)N[C@@H](CC(=O)O)C(=O)N[C@@H](CO)C(=O)O. The monoisotopic (exact) mass is 914 g/mol. The molecule has 0 radical (unpaired) electrons. The molecule has 1 fully saturated rings. The van der Waals surface area contributed by atoms with E-state index in [-0.39, 0.29) is 31.8 Å². The molecule has 4 atom stereocenters. The van der Waals surface area contributed by atoms with Gasteiger partial charge in [0.2, 0.25) is 23.6 Å². The van der Waals surface area contributed by atoms with Crippen LogP contribution in [0.2, 0.25) is 0 Å². The molecule has 65 heavy (non-hydrogen) atoms. The van der Waals surface area contributed by atoms with E-state index in [1.165, 1.54) is 0 Å². The topological polar surface area (TPSA) is 370 Å². The van der Waals surface area contributed by atoms with Crippen molar-refractivity contribution in [3.05, 3.63) is 66.1 Å². The van der Waals surface area contributed by atoms with Gasteiger partial charge in [-0.1, -0.05) is 48.5 Å². The van der Waals surface area contributed by atoms with Gasteiger partial charge in [0, 0.05) is 50.2 Å². The number of aliphatic hydroxyl groups excluding tert-OH is 1. The summed E-state index contributed by atoms with van der Waals surface area (Å²) < 4.78 is 23.3. The summed E-state index contributed by atoms with van der Waals surface area (Å²) in [5, 5.41) is 43.6. The summed E-state index contributed by atoms with van der Waals surface area (Å²) >= 11 is 0. The van der Waals surface area contributed by atoms with Crippen LogP contribution in [-0.2, 0) is 52.6 Å². The Morgan fingerprint density at radius 2 is 1.54 bits per heavy atom. The van der Waals surface area contributed by atoms with Crippen LogP contribution >= 0.6 is 0 Å². The first-order valence-corrected chi connectivity index (χ1v) is 20.1. The van der Waals surface area contributed by atoms with E-state index in [4.69, 9.17) is 50.5 Å². The van der Waals surface area contributed by atoms with Crippen LogP contribution < -0.4 is 37.5 Å². The highest BCUT2D eigenvalue weighted by Crippen LogP contribution is 2.42. The molecule has 2 aromatic rings. The maximum absolute atomic E-state index is 13.1. The quantitative estimate of drug-likeness (QED) is 0.0200. The lowest BCUT2D eigenvalue weighted by Crippen LogP contribution is -2.55. The smallest absolute Gasteiger partial charge is 0.328 e. The van der Waals surface area contributed by atoms with Crippen LogP contribution in [0.5, 0.6) is 5.75 Å². The predicted molar refractivity (Wildman–Crippen MR) is 226 cm³/mol. The number of esters is 1. The van der Waals surface area contributed by atoms with Gasteiger partial charge in [0.05, 0.1) is 39.2 Å². The maximum atomic E-state index is 13.1. The Labute approximate surface area is 372 Å². The number of morpholine rings is 1. The normalized spacial score (nSPS) is 15.3. The number of benzene rings is 2. The highest BCUT2D eigenvalue weighted by atomic mass is 16.7. The van der Waals surface area contributed by atoms with Crippen molar-refractivity contribution in [2.75, 3.05) is 52.8 Å². The minimum absolute atomic E-state index is 0.0193. The Morgan fingerprint density at radius 1 is 0.862 bits per heavy atom. The molecule has 0 bridgehead atoms. The number of fused-ring (bicyclic) bond motifs is 1. The zero-order valence-electron chi connectivity index (χ0n) is 35.4. The Hall–Kier alpha value is -7.31. The Morgan fingerprint density at radius 3 is 2.17 bits per heavy atom. The van der Waals surface area contributed by atoms with Crippen molar-refractivity contribution in [2.24, 2.45) is 16.5 Å². The van der Waals surface area contributed by atoms with Crippen LogP contribution in [0.4, 0.5) is 0 Å². The fraction of sp³-hybridized carbons (Fsp3) is 0.439. The number of nitrogens with two attached hydrogens (primary N) is 2. The number of nitrogens with zero attached hydrogens (tertiary/aromatic N) is 2. The average Bonchev–Trinajstić information content (AvgIpc) is 3.27. The molecule has 2 heterocycles. The van der Waals surface area contributed by atoms with Gasteiger partial charge < -0.3 is 77.0 Å². The third kappa shape index (κ3) is 18.5. The summed E-state index contributed by atoms with van der Waals surface area (Å²) in [6, 6.07) is 10.6. The Kier molecular flexibility index (Phi) is 21.6. The van der Waals surface area contributed by atoms with E-state index in [2.05, 4.69) is 20.9 Å². The molecule has 24 heteroatoms. The summed E-state index contributed by atoms with van der Waals surface area (Å²) in [5.74, 6) is -7.56. The minimum Gasteiger partial charge on any atom is -0.481 e. The molecule has 2 aliphatic rings. The molecular weight excluding hydrogens is 860 g/mol. The largest absolute Gasteiger partial charge is 0.481 e. The van der Waals surface area contributed by atoms with Gasteiger partial charge >= 0.3 is 17.9 Å². The molecule has 24 nitrogen and oxygen atoms in total. The highest BCUT2D eigenvalue weighted by Gasteiger charge is 2.31. The zero-order valence-corrected chi connectivity index (χ0v) is 35.4. The van der Waals surface area contributed by atoms with Gasteiger partial charge in [-0.2, -0.15) is 0 Å². The number of hydrogen-bond donors (Lipinski definition) is 10. The van der Waals surface area contributed by atoms with Crippen molar-refractivity contribution in [1.29, 1.82) is 0 Å². The van der Waals surface area contributed by atoms with Crippen molar-refractivity contribution in [2.45, 2.75) is 63.3 Å². The van der Waals surface area contributed by atoms with E-state index in [9.17, 15) is 38.7 Å². The third-order valence-corrected chi connectivity index (χ3v) is 9.13. The number of carboxylic acids is 3. The molecule has 12 N–H and O–H groups in total. The van der Waals surface area contributed by atoms with Gasteiger partial charge in [0.1, 0.15) is 30.0 Å². The van der Waals surface area contributed by atoms with E-state index in [1.807, 2.05) is 58.7 Å². The molecule has 4 amide bonds. The molecule has 0 aliphatic carbocycles. The third-order valence-electron chi connectivity index (χ3n) is 9.13. The molecule has 0 spiro atoms. The average molecular weight is 915 g/mol. The molecular formula is C41H54N8O16. The zero-order chi connectivity index (χ0) is 47.9. The number of aliphatic hydroxyl groups is 1. The highest BCUT2D eigenvalue weighted by molar-refractivity contribution is 5.95. The number of hydrogen-bond acceptors (Lipinski definition) is 15. The van der Waals surface area contributed by atoms with Crippen LogP contribution in [0.3, 0.4) is 0 Å². The van der Waals surface area contributed by atoms with Gasteiger partial charge in [-0.05, 0) is 18.4 Å². The van der Waals surface area contributed by atoms with E-state index in [0.717, 1.165) is 18.1 Å². The fourth-order valence-corrected chi connectivity index (χ4v) is 6.06. The van der Waals surface area contributed by atoms with Crippen LogP contribution in [0.15, 0.2) is 65.5 Å².